The van der Waals surface area contributed by atoms with E-state index in [1.807, 2.05) is 20.8 Å². The van der Waals surface area contributed by atoms with Crippen LogP contribution in [0.15, 0.2) is 0 Å². The number of ether oxygens (including phenoxy) is 1. The maximum absolute atomic E-state index is 12.0. The second-order valence-electron chi connectivity index (χ2n) is 7.96. The van der Waals surface area contributed by atoms with Gasteiger partial charge in [0.1, 0.15) is 5.78 Å². The van der Waals surface area contributed by atoms with Crippen LogP contribution < -0.4 is 10.6 Å². The van der Waals surface area contributed by atoms with E-state index in [0.717, 1.165) is 38.7 Å². The summed E-state index contributed by atoms with van der Waals surface area (Å²) in [7, 11) is 0. The van der Waals surface area contributed by atoms with Crippen LogP contribution in [0.4, 0.5) is 0 Å². The third-order valence-electron chi connectivity index (χ3n) is 4.94. The molecule has 1 rings (SSSR count). The van der Waals surface area contributed by atoms with Crippen molar-refractivity contribution < 1.29 is 19.1 Å². The molecule has 2 N–H and O–H groups in total. The fourth-order valence-electron chi connectivity index (χ4n) is 3.37. The van der Waals surface area contributed by atoms with E-state index in [1.165, 1.54) is 0 Å². The second kappa shape index (κ2) is 17.4. The topological polar surface area (TPSA) is 84.5 Å². The molecular formula is C23H44N2O4. The average Bonchev–Trinajstić information content (AvgIpc) is 2.71. The first kappa shape index (κ1) is 27.6. The van der Waals surface area contributed by atoms with Gasteiger partial charge in [0.2, 0.25) is 11.8 Å². The molecular weight excluding hydrogens is 368 g/mol. The minimum absolute atomic E-state index is 0.00903. The quantitative estimate of drug-likeness (QED) is 0.448. The fraction of sp³-hybridized carbons (Fsp3) is 0.870. The molecule has 0 aliphatic heterocycles. The molecule has 0 aromatic rings. The van der Waals surface area contributed by atoms with Gasteiger partial charge in [0.25, 0.3) is 0 Å². The minimum Gasteiger partial charge on any atom is -0.381 e. The summed E-state index contributed by atoms with van der Waals surface area (Å²) in [4.78, 5) is 35.5. The summed E-state index contributed by atoms with van der Waals surface area (Å²) in [5, 5.41) is 5.91. The normalized spacial score (nSPS) is 18.6. The molecule has 2 amide bonds. The molecule has 1 aliphatic rings. The third kappa shape index (κ3) is 14.2. The third-order valence-corrected chi connectivity index (χ3v) is 4.94. The Morgan fingerprint density at radius 2 is 1.59 bits per heavy atom. The first-order chi connectivity index (χ1) is 13.9. The number of hydrogen-bond donors (Lipinski definition) is 2. The number of Topliss-reactive ketones (excluding diaryl/α,β-unsaturated/α-hetero) is 1. The van der Waals surface area contributed by atoms with Crippen LogP contribution in [0, 0.1) is 11.8 Å². The van der Waals surface area contributed by atoms with Crippen LogP contribution in [0.5, 0.6) is 0 Å². The minimum atomic E-state index is -0.00903. The van der Waals surface area contributed by atoms with Crippen LogP contribution in [0.1, 0.15) is 92.4 Å². The molecule has 0 saturated heterocycles. The van der Waals surface area contributed by atoms with Gasteiger partial charge in [-0.25, -0.2) is 0 Å². The van der Waals surface area contributed by atoms with E-state index in [0.29, 0.717) is 50.5 Å². The Morgan fingerprint density at radius 1 is 0.966 bits per heavy atom. The molecule has 0 spiro atoms. The lowest BCUT2D eigenvalue weighted by Crippen LogP contribution is -2.38. The highest BCUT2D eigenvalue weighted by Gasteiger charge is 2.25. The van der Waals surface area contributed by atoms with E-state index < -0.39 is 0 Å². The van der Waals surface area contributed by atoms with E-state index in [4.69, 9.17) is 4.74 Å². The molecule has 0 bridgehead atoms. The van der Waals surface area contributed by atoms with Crippen molar-refractivity contribution in [2.24, 2.45) is 11.8 Å². The SMILES string of the molecule is CC.CCC(=O)C1CCC(NC(=O)CCCC(=O)NCCCOCC(C)C)CC1. The van der Waals surface area contributed by atoms with Crippen molar-refractivity contribution in [2.75, 3.05) is 19.8 Å². The molecule has 29 heavy (non-hydrogen) atoms. The summed E-state index contributed by atoms with van der Waals surface area (Å²) in [6.07, 6.45) is 6.23. The number of ketones is 1. The molecule has 0 aromatic carbocycles. The molecule has 0 atom stereocenters. The Balaban J connectivity index is 0.00000379. The van der Waals surface area contributed by atoms with Crippen LogP contribution in [0.25, 0.3) is 0 Å². The first-order valence-electron chi connectivity index (χ1n) is 11.6. The summed E-state index contributed by atoms with van der Waals surface area (Å²) < 4.78 is 5.46. The zero-order valence-corrected chi connectivity index (χ0v) is 19.4. The molecule has 1 fully saturated rings. The lowest BCUT2D eigenvalue weighted by molar-refractivity contribution is -0.123. The number of nitrogens with one attached hydrogen (secondary N) is 2. The molecule has 1 aliphatic carbocycles. The molecule has 0 heterocycles. The van der Waals surface area contributed by atoms with Gasteiger partial charge in [-0.15, -0.1) is 0 Å². The van der Waals surface area contributed by atoms with Gasteiger partial charge in [0, 0.05) is 51.0 Å². The predicted octanol–water partition coefficient (Wildman–Crippen LogP) is 4.02. The van der Waals surface area contributed by atoms with Gasteiger partial charge in [0.15, 0.2) is 0 Å². The predicted molar refractivity (Wildman–Crippen MR) is 118 cm³/mol. The van der Waals surface area contributed by atoms with Gasteiger partial charge in [-0.2, -0.15) is 0 Å². The summed E-state index contributed by atoms with van der Waals surface area (Å²) in [6.45, 7) is 12.1. The second-order valence-corrected chi connectivity index (χ2v) is 7.96. The van der Waals surface area contributed by atoms with Crippen molar-refractivity contribution in [3.8, 4) is 0 Å². The number of carbonyl (C=O) groups is 3. The van der Waals surface area contributed by atoms with Gasteiger partial charge in [-0.3, -0.25) is 14.4 Å². The van der Waals surface area contributed by atoms with E-state index in [-0.39, 0.29) is 23.8 Å². The molecule has 6 heteroatoms. The van der Waals surface area contributed by atoms with Crippen molar-refractivity contribution in [3.63, 3.8) is 0 Å². The Bertz CT molecular complexity index is 458. The lowest BCUT2D eigenvalue weighted by Gasteiger charge is -2.28. The molecule has 0 aromatic heterocycles. The van der Waals surface area contributed by atoms with Crippen LogP contribution in [0.2, 0.25) is 0 Å². The van der Waals surface area contributed by atoms with E-state index >= 15 is 0 Å². The van der Waals surface area contributed by atoms with Crippen molar-refractivity contribution in [2.45, 2.75) is 98.4 Å². The van der Waals surface area contributed by atoms with Gasteiger partial charge in [-0.1, -0.05) is 34.6 Å². The number of hydrogen-bond acceptors (Lipinski definition) is 4. The fourth-order valence-corrected chi connectivity index (χ4v) is 3.37. The van der Waals surface area contributed by atoms with Gasteiger partial charge in [0.05, 0.1) is 0 Å². The highest BCUT2D eigenvalue weighted by atomic mass is 16.5. The van der Waals surface area contributed by atoms with E-state index in [9.17, 15) is 14.4 Å². The maximum Gasteiger partial charge on any atom is 0.220 e. The van der Waals surface area contributed by atoms with E-state index in [2.05, 4.69) is 24.5 Å². The Labute approximate surface area is 177 Å². The van der Waals surface area contributed by atoms with Crippen LogP contribution in [0.3, 0.4) is 0 Å². The van der Waals surface area contributed by atoms with E-state index in [1.54, 1.807) is 0 Å². The number of carbonyl (C=O) groups excluding carboxylic acids is 3. The smallest absolute Gasteiger partial charge is 0.220 e. The van der Waals surface area contributed by atoms with Crippen LogP contribution in [-0.2, 0) is 19.1 Å². The van der Waals surface area contributed by atoms with Crippen LogP contribution in [-0.4, -0.2) is 43.4 Å². The van der Waals surface area contributed by atoms with Gasteiger partial charge < -0.3 is 15.4 Å². The van der Waals surface area contributed by atoms with Gasteiger partial charge in [-0.05, 0) is 44.4 Å². The highest BCUT2D eigenvalue weighted by Crippen LogP contribution is 2.25. The average molecular weight is 413 g/mol. The Kier molecular flexibility index (Phi) is 16.6. The summed E-state index contributed by atoms with van der Waals surface area (Å²) in [5.74, 6) is 1.06. The molecule has 0 radical (unpaired) electrons. The highest BCUT2D eigenvalue weighted by molar-refractivity contribution is 5.81. The Morgan fingerprint density at radius 3 is 2.17 bits per heavy atom. The van der Waals surface area contributed by atoms with Crippen molar-refractivity contribution in [3.05, 3.63) is 0 Å². The lowest BCUT2D eigenvalue weighted by atomic mass is 9.83. The summed E-state index contributed by atoms with van der Waals surface area (Å²) in [5.41, 5.74) is 0. The monoisotopic (exact) mass is 412 g/mol. The molecule has 6 nitrogen and oxygen atoms in total. The molecule has 170 valence electrons. The number of amides is 2. The van der Waals surface area contributed by atoms with Gasteiger partial charge >= 0.3 is 0 Å². The van der Waals surface area contributed by atoms with Crippen LogP contribution >= 0.6 is 0 Å². The largest absolute Gasteiger partial charge is 0.381 e. The summed E-state index contributed by atoms with van der Waals surface area (Å²) in [6, 6.07) is 0.179. The van der Waals surface area contributed by atoms with Crippen molar-refractivity contribution in [1.82, 2.24) is 10.6 Å². The van der Waals surface area contributed by atoms with Crippen molar-refractivity contribution in [1.29, 1.82) is 0 Å². The molecule has 1 saturated carbocycles. The molecule has 0 unspecified atom stereocenters. The zero-order valence-electron chi connectivity index (χ0n) is 19.4. The summed E-state index contributed by atoms with van der Waals surface area (Å²) >= 11 is 0. The maximum atomic E-state index is 12.0. The van der Waals surface area contributed by atoms with Crippen molar-refractivity contribution >= 4 is 17.6 Å². The zero-order chi connectivity index (χ0) is 22.1. The first-order valence-corrected chi connectivity index (χ1v) is 11.6. The number of rotatable bonds is 13. The Hall–Kier alpha value is -1.43. The standard InChI is InChI=1S/C21H38N2O4.C2H6/c1-4-19(24)17-9-11-18(12-10-17)23-21(26)8-5-7-20(25)22-13-6-14-27-15-16(2)3;1-2/h16-18H,4-15H2,1-3H3,(H,22,25)(H,23,26);1-2H3.